The molecule has 3 N–H and O–H groups in total. The summed E-state index contributed by atoms with van der Waals surface area (Å²) in [5, 5.41) is 22.3. The Bertz CT molecular complexity index is 1280. The zero-order chi connectivity index (χ0) is 24.8. The van der Waals surface area contributed by atoms with Crippen LogP contribution in [-0.4, -0.2) is 60.1 Å². The molecule has 1 saturated carbocycles. The van der Waals surface area contributed by atoms with E-state index < -0.39 is 11.9 Å². The summed E-state index contributed by atoms with van der Waals surface area (Å²) in [6, 6.07) is 5.74. The summed E-state index contributed by atoms with van der Waals surface area (Å²) in [6.07, 6.45) is 6.82. The summed E-state index contributed by atoms with van der Waals surface area (Å²) in [4.78, 5) is 29.9. The van der Waals surface area contributed by atoms with Crippen LogP contribution in [0, 0.1) is 5.95 Å². The Kier molecular flexibility index (Phi) is 7.57. The van der Waals surface area contributed by atoms with E-state index in [-0.39, 0.29) is 29.9 Å². The molecule has 0 unspecified atom stereocenters. The fraction of sp³-hybridized carbons (Fsp3) is 0.273. The first-order valence-electron chi connectivity index (χ1n) is 10.7. The van der Waals surface area contributed by atoms with Gasteiger partial charge in [0.15, 0.2) is 0 Å². The van der Waals surface area contributed by atoms with Crippen molar-refractivity contribution < 1.29 is 23.8 Å². The van der Waals surface area contributed by atoms with E-state index >= 15 is 0 Å². The van der Waals surface area contributed by atoms with Gasteiger partial charge in [0.1, 0.15) is 16.4 Å². The number of anilines is 1. The lowest BCUT2D eigenvalue weighted by atomic mass is 9.89. The van der Waals surface area contributed by atoms with E-state index in [0.29, 0.717) is 28.7 Å². The van der Waals surface area contributed by atoms with Gasteiger partial charge in [-0.15, -0.1) is 11.3 Å². The number of ether oxygens (including phenoxy) is 1. The molecule has 0 saturated heterocycles. The second-order valence-corrected chi connectivity index (χ2v) is 8.34. The normalized spacial score (nSPS) is 16.6. The maximum Gasteiger partial charge on any atom is 0.290 e. The molecule has 0 bridgehead atoms. The highest BCUT2D eigenvalue weighted by atomic mass is 32.1. The lowest BCUT2D eigenvalue weighted by molar-refractivity contribution is -0.122. The van der Waals surface area contributed by atoms with E-state index in [2.05, 4.69) is 25.5 Å². The van der Waals surface area contributed by atoms with Gasteiger partial charge < -0.3 is 15.2 Å². The van der Waals surface area contributed by atoms with Crippen molar-refractivity contribution in [3.63, 3.8) is 0 Å². The van der Waals surface area contributed by atoms with Crippen LogP contribution in [0.1, 0.15) is 36.3 Å². The molecule has 1 fully saturated rings. The van der Waals surface area contributed by atoms with Crippen LogP contribution in [0.15, 0.2) is 42.2 Å². The van der Waals surface area contributed by atoms with Crippen molar-refractivity contribution in [2.75, 3.05) is 11.9 Å². The van der Waals surface area contributed by atoms with Gasteiger partial charge in [-0.2, -0.15) is 14.6 Å². The van der Waals surface area contributed by atoms with Gasteiger partial charge in [0.25, 0.3) is 12.4 Å². The van der Waals surface area contributed by atoms with Gasteiger partial charge in [0.2, 0.25) is 5.95 Å². The number of nitrogens with one attached hydrogen (secondary N) is 2. The maximum atomic E-state index is 13.7. The third-order valence-corrected chi connectivity index (χ3v) is 6.17. The van der Waals surface area contributed by atoms with E-state index in [4.69, 9.17) is 19.7 Å². The molecule has 182 valence electrons. The quantitative estimate of drug-likeness (QED) is 0.327. The van der Waals surface area contributed by atoms with E-state index in [9.17, 15) is 9.18 Å². The van der Waals surface area contributed by atoms with E-state index in [1.807, 2.05) is 36.0 Å². The molecular formula is C22H22FN7O4S. The molecule has 35 heavy (non-hydrogen) atoms. The summed E-state index contributed by atoms with van der Waals surface area (Å²) >= 11 is 1.17. The van der Waals surface area contributed by atoms with Gasteiger partial charge in [-0.05, 0) is 31.9 Å². The van der Waals surface area contributed by atoms with Gasteiger partial charge >= 0.3 is 0 Å². The summed E-state index contributed by atoms with van der Waals surface area (Å²) < 4.78 is 21.3. The number of aromatic amines is 1. The summed E-state index contributed by atoms with van der Waals surface area (Å²) in [5.41, 5.74) is 2.18. The SMILES string of the molecule is CCO[C@H]1C[C@H](n2cc(NC(=O)c3csc(-c4cn[nH]c4F)n3)c(-c3ccccn3)n2)C1.O=CO. The van der Waals surface area contributed by atoms with Crippen molar-refractivity contribution in [2.24, 2.45) is 0 Å². The van der Waals surface area contributed by atoms with Crippen molar-refractivity contribution in [1.29, 1.82) is 0 Å². The number of hydrogen-bond donors (Lipinski definition) is 3. The number of halogens is 1. The third-order valence-electron chi connectivity index (χ3n) is 5.29. The Hall–Kier alpha value is -3.97. The highest BCUT2D eigenvalue weighted by Gasteiger charge is 2.32. The summed E-state index contributed by atoms with van der Waals surface area (Å²) in [6.45, 7) is 2.42. The van der Waals surface area contributed by atoms with E-state index in [1.165, 1.54) is 17.5 Å². The smallest absolute Gasteiger partial charge is 0.290 e. The van der Waals surface area contributed by atoms with Crippen LogP contribution in [0.3, 0.4) is 0 Å². The molecule has 0 radical (unpaired) electrons. The van der Waals surface area contributed by atoms with Gasteiger partial charge in [-0.25, -0.2) is 4.98 Å². The molecule has 0 atom stereocenters. The van der Waals surface area contributed by atoms with Crippen LogP contribution in [0.2, 0.25) is 0 Å². The molecule has 5 rings (SSSR count). The molecule has 0 aliphatic heterocycles. The molecule has 1 aliphatic rings. The first-order chi connectivity index (χ1) is 17.0. The average molecular weight is 500 g/mol. The Morgan fingerprint density at radius 2 is 2.23 bits per heavy atom. The topological polar surface area (TPSA) is 148 Å². The number of carboxylic acid groups (broad SMARTS) is 1. The largest absolute Gasteiger partial charge is 0.483 e. The predicted molar refractivity (Wildman–Crippen MR) is 125 cm³/mol. The number of nitrogens with zero attached hydrogens (tertiary/aromatic N) is 5. The minimum absolute atomic E-state index is 0.186. The third kappa shape index (κ3) is 5.41. The Morgan fingerprint density at radius 1 is 1.43 bits per heavy atom. The molecule has 4 heterocycles. The van der Waals surface area contributed by atoms with Gasteiger partial charge in [0, 0.05) is 24.4 Å². The second-order valence-electron chi connectivity index (χ2n) is 7.48. The number of aromatic nitrogens is 6. The van der Waals surface area contributed by atoms with Crippen LogP contribution in [0.5, 0.6) is 0 Å². The highest BCUT2D eigenvalue weighted by Crippen LogP contribution is 2.37. The number of rotatable bonds is 7. The van der Waals surface area contributed by atoms with Gasteiger partial charge in [0.05, 0.1) is 35.3 Å². The number of carbonyl (C=O) groups is 2. The van der Waals surface area contributed by atoms with E-state index in [1.54, 1.807) is 11.6 Å². The monoisotopic (exact) mass is 499 g/mol. The standard InChI is InChI=1S/C21H20FN7O2S.CH2O2/c1-2-31-13-7-12(8-13)29-10-16(18(28-29)15-5-3-4-6-23-15)25-20(30)17-11-32-21(26-17)14-9-24-27-19(14)22;2-1-3/h3-6,9-13H,2,7-8H2,1H3,(H,24,27)(H,25,30);1H,(H,2,3)/t12-,13-;. The Morgan fingerprint density at radius 3 is 2.89 bits per heavy atom. The van der Waals surface area contributed by atoms with Crippen LogP contribution in [0.25, 0.3) is 22.0 Å². The second kappa shape index (κ2) is 11.0. The van der Waals surface area contributed by atoms with Gasteiger partial charge in [-0.1, -0.05) is 6.07 Å². The fourth-order valence-corrected chi connectivity index (χ4v) is 4.40. The number of hydrogen-bond acceptors (Lipinski definition) is 8. The van der Waals surface area contributed by atoms with Crippen molar-refractivity contribution in [1.82, 2.24) is 29.9 Å². The first kappa shape index (κ1) is 24.2. The number of amides is 1. The van der Waals surface area contributed by atoms with Crippen LogP contribution < -0.4 is 5.32 Å². The molecule has 1 amide bonds. The minimum Gasteiger partial charge on any atom is -0.483 e. The molecule has 13 heteroatoms. The molecule has 11 nitrogen and oxygen atoms in total. The van der Waals surface area contributed by atoms with Crippen molar-refractivity contribution in [2.45, 2.75) is 31.9 Å². The zero-order valence-electron chi connectivity index (χ0n) is 18.6. The zero-order valence-corrected chi connectivity index (χ0v) is 19.4. The number of H-pyrrole nitrogens is 1. The van der Waals surface area contributed by atoms with Crippen LogP contribution in [-0.2, 0) is 9.53 Å². The molecular weight excluding hydrogens is 477 g/mol. The molecule has 4 aromatic rings. The first-order valence-corrected chi connectivity index (χ1v) is 11.6. The van der Waals surface area contributed by atoms with Gasteiger partial charge in [-0.3, -0.25) is 24.4 Å². The number of thiazole rings is 1. The van der Waals surface area contributed by atoms with Crippen LogP contribution >= 0.6 is 11.3 Å². The molecule has 1 aliphatic carbocycles. The molecule has 4 aromatic heterocycles. The Labute approximate surface area is 203 Å². The average Bonchev–Trinajstić information content (AvgIpc) is 3.57. The number of pyridine rings is 1. The summed E-state index contributed by atoms with van der Waals surface area (Å²) in [7, 11) is 0. The predicted octanol–water partition coefficient (Wildman–Crippen LogP) is 3.62. The number of carbonyl (C=O) groups excluding carboxylic acids is 1. The highest BCUT2D eigenvalue weighted by molar-refractivity contribution is 7.13. The molecule has 0 spiro atoms. The summed E-state index contributed by atoms with van der Waals surface area (Å²) in [5.74, 6) is -0.996. The lowest BCUT2D eigenvalue weighted by Crippen LogP contribution is -2.33. The van der Waals surface area contributed by atoms with Crippen LogP contribution in [0.4, 0.5) is 10.1 Å². The Balaban J connectivity index is 0.000000917. The maximum absolute atomic E-state index is 13.7. The lowest BCUT2D eigenvalue weighted by Gasteiger charge is -2.34. The minimum atomic E-state index is -0.587. The fourth-order valence-electron chi connectivity index (χ4n) is 3.60. The molecule has 0 aromatic carbocycles. The van der Waals surface area contributed by atoms with E-state index in [0.717, 1.165) is 12.8 Å². The van der Waals surface area contributed by atoms with Crippen molar-refractivity contribution in [3.8, 4) is 22.0 Å². The van der Waals surface area contributed by atoms with Crippen molar-refractivity contribution >= 4 is 29.4 Å². The van der Waals surface area contributed by atoms with Crippen molar-refractivity contribution in [3.05, 3.63) is 53.8 Å².